The maximum atomic E-state index is 13.0. The lowest BCUT2D eigenvalue weighted by molar-refractivity contribution is 0.184. The quantitative estimate of drug-likeness (QED) is 0.701. The zero-order valence-corrected chi connectivity index (χ0v) is 9.39. The Balaban J connectivity index is 2.28. The number of hydrogen-bond donors (Lipinski definition) is 0. The number of unbranched alkanes of at least 4 members (excludes halogenated alkanes) is 1. The molecule has 0 aliphatic rings. The van der Waals surface area contributed by atoms with Crippen LogP contribution in [-0.4, -0.2) is 20.3 Å². The van der Waals surface area contributed by atoms with Gasteiger partial charge in [0.2, 0.25) is 0 Å². The molecule has 0 N–H and O–H groups in total. The number of hydrogen-bond acceptors (Lipinski definition) is 2. The maximum Gasteiger partial charge on any atom is 0.145 e. The largest absolute Gasteiger partial charge is 0.493 e. The van der Waals surface area contributed by atoms with E-state index in [-0.39, 0.29) is 5.02 Å². The van der Waals surface area contributed by atoms with Gasteiger partial charge in [0.15, 0.2) is 0 Å². The predicted octanol–water partition coefficient (Wildman–Crippen LogP) is 3.28. The molecule has 0 saturated heterocycles. The predicted molar refractivity (Wildman–Crippen MR) is 58.0 cm³/mol. The Morgan fingerprint density at radius 1 is 1.27 bits per heavy atom. The highest BCUT2D eigenvalue weighted by Gasteiger charge is 2.01. The molecule has 15 heavy (non-hydrogen) atoms. The molecular weight excluding hydrogens is 219 g/mol. The smallest absolute Gasteiger partial charge is 0.145 e. The minimum Gasteiger partial charge on any atom is -0.493 e. The first-order valence-electron chi connectivity index (χ1n) is 4.81. The summed E-state index contributed by atoms with van der Waals surface area (Å²) >= 11 is 5.54. The fraction of sp³-hybridized carbons (Fsp3) is 0.455. The molecule has 84 valence electrons. The second-order valence-electron chi connectivity index (χ2n) is 3.12. The third-order valence-corrected chi connectivity index (χ3v) is 2.21. The number of rotatable bonds is 6. The van der Waals surface area contributed by atoms with Crippen LogP contribution in [0.1, 0.15) is 12.8 Å². The molecule has 0 atom stereocenters. The molecule has 0 amide bonds. The summed E-state index contributed by atoms with van der Waals surface area (Å²) in [6.45, 7) is 1.28. The topological polar surface area (TPSA) is 18.5 Å². The van der Waals surface area contributed by atoms with Gasteiger partial charge >= 0.3 is 0 Å². The van der Waals surface area contributed by atoms with E-state index in [1.54, 1.807) is 13.2 Å². The highest BCUT2D eigenvalue weighted by atomic mass is 35.5. The third-order valence-electron chi connectivity index (χ3n) is 1.90. The van der Waals surface area contributed by atoms with Crippen molar-refractivity contribution in [3.05, 3.63) is 29.0 Å². The van der Waals surface area contributed by atoms with Crippen molar-refractivity contribution in [2.75, 3.05) is 20.3 Å². The van der Waals surface area contributed by atoms with Crippen molar-refractivity contribution >= 4 is 11.6 Å². The van der Waals surface area contributed by atoms with Crippen molar-refractivity contribution in [2.24, 2.45) is 0 Å². The second kappa shape index (κ2) is 6.64. The zero-order chi connectivity index (χ0) is 11.1. The van der Waals surface area contributed by atoms with Crippen molar-refractivity contribution in [3.63, 3.8) is 0 Å². The zero-order valence-electron chi connectivity index (χ0n) is 8.63. The molecule has 2 nitrogen and oxygen atoms in total. The fourth-order valence-corrected chi connectivity index (χ4v) is 1.22. The van der Waals surface area contributed by atoms with Gasteiger partial charge in [-0.05, 0) is 25.0 Å². The molecule has 0 fully saturated rings. The van der Waals surface area contributed by atoms with Gasteiger partial charge in [0.1, 0.15) is 11.6 Å². The summed E-state index contributed by atoms with van der Waals surface area (Å²) in [6, 6.07) is 4.43. The van der Waals surface area contributed by atoms with Gasteiger partial charge in [0.25, 0.3) is 0 Å². The monoisotopic (exact) mass is 232 g/mol. The van der Waals surface area contributed by atoms with Gasteiger partial charge in [0.05, 0.1) is 11.6 Å². The minimum atomic E-state index is -0.453. The van der Waals surface area contributed by atoms with Crippen molar-refractivity contribution in [3.8, 4) is 5.75 Å². The molecule has 1 aromatic carbocycles. The Kier molecular flexibility index (Phi) is 5.43. The van der Waals surface area contributed by atoms with Crippen LogP contribution < -0.4 is 4.74 Å². The average molecular weight is 233 g/mol. The highest BCUT2D eigenvalue weighted by molar-refractivity contribution is 6.30. The number of ether oxygens (including phenoxy) is 2. The van der Waals surface area contributed by atoms with Gasteiger partial charge in [-0.15, -0.1) is 0 Å². The van der Waals surface area contributed by atoms with E-state index in [4.69, 9.17) is 21.1 Å². The normalized spacial score (nSPS) is 10.3. The standard InChI is InChI=1S/C11H14ClFO2/c1-14-6-2-3-7-15-9-4-5-10(12)11(13)8-9/h4-5,8H,2-3,6-7H2,1H3. The lowest BCUT2D eigenvalue weighted by Crippen LogP contribution is -1.99. The molecule has 4 heteroatoms. The molecule has 0 bridgehead atoms. The fourth-order valence-electron chi connectivity index (χ4n) is 1.11. The molecule has 1 aromatic rings. The summed E-state index contributed by atoms with van der Waals surface area (Å²) in [5.74, 6) is 0.0559. The highest BCUT2D eigenvalue weighted by Crippen LogP contribution is 2.20. The Morgan fingerprint density at radius 2 is 2.00 bits per heavy atom. The molecule has 0 unspecified atom stereocenters. The molecule has 0 spiro atoms. The molecule has 0 aromatic heterocycles. The van der Waals surface area contributed by atoms with Crippen molar-refractivity contribution in [1.29, 1.82) is 0 Å². The van der Waals surface area contributed by atoms with Crippen LogP contribution in [0.3, 0.4) is 0 Å². The minimum absolute atomic E-state index is 0.113. The molecule has 0 radical (unpaired) electrons. The van der Waals surface area contributed by atoms with Gasteiger partial charge in [-0.3, -0.25) is 0 Å². The van der Waals surface area contributed by atoms with Gasteiger partial charge in [-0.1, -0.05) is 11.6 Å². The van der Waals surface area contributed by atoms with Gasteiger partial charge in [-0.2, -0.15) is 0 Å². The van der Waals surface area contributed by atoms with E-state index >= 15 is 0 Å². The second-order valence-corrected chi connectivity index (χ2v) is 3.53. The third kappa shape index (κ3) is 4.49. The summed E-state index contributed by atoms with van der Waals surface area (Å²) in [5, 5.41) is 0.113. The summed E-state index contributed by atoms with van der Waals surface area (Å²) in [6.07, 6.45) is 1.82. The van der Waals surface area contributed by atoms with E-state index in [0.717, 1.165) is 19.4 Å². The average Bonchev–Trinajstić information content (AvgIpc) is 2.23. The molecule has 1 rings (SSSR count). The molecule has 0 saturated carbocycles. The van der Waals surface area contributed by atoms with Crippen LogP contribution >= 0.6 is 11.6 Å². The first-order chi connectivity index (χ1) is 7.24. The van der Waals surface area contributed by atoms with Crippen molar-refractivity contribution in [2.45, 2.75) is 12.8 Å². The molecule has 0 aliphatic carbocycles. The Morgan fingerprint density at radius 3 is 2.67 bits per heavy atom. The van der Waals surface area contributed by atoms with E-state index in [1.807, 2.05) is 0 Å². The SMILES string of the molecule is COCCCCOc1ccc(Cl)c(F)c1. The molecule has 0 heterocycles. The summed E-state index contributed by atoms with van der Waals surface area (Å²) < 4.78 is 23.2. The van der Waals surface area contributed by atoms with E-state index in [0.29, 0.717) is 12.4 Å². The first kappa shape index (κ1) is 12.3. The van der Waals surface area contributed by atoms with Crippen LogP contribution in [0.5, 0.6) is 5.75 Å². The van der Waals surface area contributed by atoms with Crippen LogP contribution in [-0.2, 0) is 4.74 Å². The molecule has 0 aliphatic heterocycles. The summed E-state index contributed by atoms with van der Waals surface area (Å²) in [4.78, 5) is 0. The lowest BCUT2D eigenvalue weighted by atomic mass is 10.3. The van der Waals surface area contributed by atoms with E-state index in [1.165, 1.54) is 12.1 Å². The maximum absolute atomic E-state index is 13.0. The summed E-state index contributed by atoms with van der Waals surface area (Å²) in [7, 11) is 1.66. The van der Waals surface area contributed by atoms with Crippen LogP contribution in [0.15, 0.2) is 18.2 Å². The van der Waals surface area contributed by atoms with Crippen LogP contribution in [0.4, 0.5) is 4.39 Å². The van der Waals surface area contributed by atoms with Crippen molar-refractivity contribution < 1.29 is 13.9 Å². The Bertz CT molecular complexity index is 305. The van der Waals surface area contributed by atoms with Gasteiger partial charge < -0.3 is 9.47 Å². The number of methoxy groups -OCH3 is 1. The van der Waals surface area contributed by atoms with Gasteiger partial charge in [-0.25, -0.2) is 4.39 Å². The van der Waals surface area contributed by atoms with Crippen LogP contribution in [0, 0.1) is 5.82 Å². The Labute approximate surface area is 94.0 Å². The number of benzene rings is 1. The van der Waals surface area contributed by atoms with E-state index in [2.05, 4.69) is 0 Å². The number of halogens is 2. The lowest BCUT2D eigenvalue weighted by Gasteiger charge is -2.06. The van der Waals surface area contributed by atoms with E-state index in [9.17, 15) is 4.39 Å². The van der Waals surface area contributed by atoms with Crippen LogP contribution in [0.2, 0.25) is 5.02 Å². The van der Waals surface area contributed by atoms with Crippen molar-refractivity contribution in [1.82, 2.24) is 0 Å². The van der Waals surface area contributed by atoms with E-state index < -0.39 is 5.82 Å². The molecular formula is C11H14ClFO2. The first-order valence-corrected chi connectivity index (χ1v) is 5.18. The Hall–Kier alpha value is -0.800. The van der Waals surface area contributed by atoms with Crippen LogP contribution in [0.25, 0.3) is 0 Å². The summed E-state index contributed by atoms with van der Waals surface area (Å²) in [5.41, 5.74) is 0. The van der Waals surface area contributed by atoms with Gasteiger partial charge in [0, 0.05) is 19.8 Å².